The summed E-state index contributed by atoms with van der Waals surface area (Å²) in [4.78, 5) is 54.3. The van der Waals surface area contributed by atoms with Crippen molar-refractivity contribution in [2.45, 2.75) is 93.3 Å². The molecule has 3 aliphatic rings. The molecular weight excluding hydrogens is 755 g/mol. The zero-order valence-corrected chi connectivity index (χ0v) is 35.3. The number of aromatic amines is 2. The van der Waals surface area contributed by atoms with Crippen molar-refractivity contribution in [3.63, 3.8) is 0 Å². The SMILES string of the molecule is CC.CC.CC.CC.Cc1[nH]n(C)c(=O)c1C1C([O-])C(c2c(C)[nH]n(C)c2=O)C1[O-].On1c2ccc1nc1nc(nc3ccc(nc4nc(n2)C=C4)[n-]3)C=C1.[V]. The Labute approximate surface area is 337 Å². The van der Waals surface area contributed by atoms with Crippen molar-refractivity contribution in [1.82, 2.24) is 59.2 Å². The van der Waals surface area contributed by atoms with Gasteiger partial charge in [-0.2, -0.15) is 4.73 Å². The van der Waals surface area contributed by atoms with Crippen molar-refractivity contribution >= 4 is 46.9 Å². The molecule has 0 atom stereocenters. The average molecular weight is 807 g/mol. The van der Waals surface area contributed by atoms with Gasteiger partial charge in [-0.1, -0.05) is 55.4 Å². The Kier molecular flexibility index (Phi) is 17.6. The van der Waals surface area contributed by atoms with Crippen LogP contribution in [0.2, 0.25) is 0 Å². The summed E-state index contributed by atoms with van der Waals surface area (Å²) in [7, 11) is 3.08. The maximum Gasteiger partial charge on any atom is 0.269 e. The van der Waals surface area contributed by atoms with Crippen molar-refractivity contribution in [2.75, 3.05) is 0 Å². The van der Waals surface area contributed by atoms with Crippen molar-refractivity contribution in [3.05, 3.63) is 90.8 Å². The summed E-state index contributed by atoms with van der Waals surface area (Å²) in [5.41, 5.74) is 2.50. The van der Waals surface area contributed by atoms with Crippen LogP contribution in [-0.2, 0) is 32.7 Å². The van der Waals surface area contributed by atoms with Gasteiger partial charge in [-0.05, 0) is 74.3 Å². The molecular formula is C38H51N12O5V-3. The van der Waals surface area contributed by atoms with E-state index < -0.39 is 24.0 Å². The molecule has 2 aliphatic heterocycles. The second-order valence-corrected chi connectivity index (χ2v) is 11.3. The van der Waals surface area contributed by atoms with E-state index in [-0.39, 0.29) is 40.8 Å². The van der Waals surface area contributed by atoms with Crippen LogP contribution in [0, 0.1) is 13.8 Å². The molecule has 17 nitrogen and oxygen atoms in total. The number of hydrogen-bond acceptors (Lipinski definition) is 11. The van der Waals surface area contributed by atoms with Gasteiger partial charge in [0.1, 0.15) is 0 Å². The molecule has 56 heavy (non-hydrogen) atoms. The van der Waals surface area contributed by atoms with Gasteiger partial charge in [-0.15, -0.1) is 12.2 Å². The number of aryl methyl sites for hydroxylation is 4. The Morgan fingerprint density at radius 1 is 0.589 bits per heavy atom. The van der Waals surface area contributed by atoms with Crippen molar-refractivity contribution in [1.29, 1.82) is 0 Å². The maximum absolute atomic E-state index is 12.6. The van der Waals surface area contributed by atoms with Gasteiger partial charge >= 0.3 is 0 Å². The van der Waals surface area contributed by atoms with Crippen LogP contribution in [0.1, 0.15) is 113 Å². The monoisotopic (exact) mass is 806 g/mol. The van der Waals surface area contributed by atoms with Crippen molar-refractivity contribution in [2.24, 2.45) is 14.1 Å². The molecule has 301 valence electrons. The molecule has 5 aromatic rings. The van der Waals surface area contributed by atoms with Crippen LogP contribution in [0.5, 0.6) is 0 Å². The second-order valence-electron chi connectivity index (χ2n) is 11.3. The Morgan fingerprint density at radius 2 is 0.911 bits per heavy atom. The van der Waals surface area contributed by atoms with Crippen LogP contribution >= 0.6 is 0 Å². The molecule has 5 aromatic heterocycles. The minimum Gasteiger partial charge on any atom is -0.851 e. The Bertz CT molecular complexity index is 2230. The molecule has 0 saturated heterocycles. The van der Waals surface area contributed by atoms with E-state index in [2.05, 4.69) is 45.1 Å². The Morgan fingerprint density at radius 3 is 1.21 bits per heavy atom. The number of H-pyrrole nitrogens is 2. The summed E-state index contributed by atoms with van der Waals surface area (Å²) < 4.78 is 3.41. The third-order valence-electron chi connectivity index (χ3n) is 8.19. The summed E-state index contributed by atoms with van der Waals surface area (Å²) in [5.74, 6) is -0.00905. The quantitative estimate of drug-likeness (QED) is 0.213. The zero-order valence-electron chi connectivity index (χ0n) is 33.9. The van der Waals surface area contributed by atoms with E-state index in [0.29, 0.717) is 57.3 Å². The molecule has 1 aliphatic carbocycles. The van der Waals surface area contributed by atoms with E-state index >= 15 is 0 Å². The third kappa shape index (κ3) is 9.71. The van der Waals surface area contributed by atoms with Gasteiger partial charge in [-0.3, -0.25) is 29.2 Å². The molecule has 0 unspecified atom stereocenters. The molecule has 3 N–H and O–H groups in total. The summed E-state index contributed by atoms with van der Waals surface area (Å²) in [6.45, 7) is 19.3. The van der Waals surface area contributed by atoms with Gasteiger partial charge < -0.3 is 30.4 Å². The van der Waals surface area contributed by atoms with Gasteiger partial charge in [0.15, 0.2) is 22.9 Å². The Hall–Kier alpha value is -5.36. The van der Waals surface area contributed by atoms with E-state index in [4.69, 9.17) is 0 Å². The normalized spacial score (nSPS) is 17.0. The van der Waals surface area contributed by atoms with Gasteiger partial charge in [-0.25, -0.2) is 19.9 Å². The van der Waals surface area contributed by atoms with Gasteiger partial charge in [0.2, 0.25) is 0 Å². The smallest absolute Gasteiger partial charge is 0.269 e. The van der Waals surface area contributed by atoms with E-state index in [1.54, 1.807) is 76.5 Å². The number of nitrogens with zero attached hydrogens (tertiary/aromatic N) is 10. The topological polar surface area (TPSA) is 238 Å². The first-order chi connectivity index (χ1) is 26.5. The molecule has 7 heterocycles. The predicted molar refractivity (Wildman–Crippen MR) is 210 cm³/mol. The zero-order chi connectivity index (χ0) is 41.1. The van der Waals surface area contributed by atoms with Crippen LogP contribution < -0.4 is 26.3 Å². The number of hydrogen-bond donors (Lipinski definition) is 3. The van der Waals surface area contributed by atoms with Crippen molar-refractivity contribution < 1.29 is 34.0 Å². The van der Waals surface area contributed by atoms with Gasteiger partial charge in [0.25, 0.3) is 11.1 Å². The molecule has 18 heteroatoms. The molecule has 0 spiro atoms. The van der Waals surface area contributed by atoms with Gasteiger partial charge in [0, 0.05) is 66.5 Å². The molecule has 0 amide bonds. The molecule has 8 bridgehead atoms. The summed E-state index contributed by atoms with van der Waals surface area (Å²) in [5, 5.41) is 40.9. The fraction of sp³-hybridized carbons (Fsp3) is 0.421. The molecule has 8 rings (SSSR count). The number of rotatable bonds is 2. The molecule has 1 saturated carbocycles. The van der Waals surface area contributed by atoms with E-state index in [9.17, 15) is 25.0 Å². The largest absolute Gasteiger partial charge is 0.851 e. The van der Waals surface area contributed by atoms with Crippen LogP contribution in [0.25, 0.3) is 46.9 Å². The van der Waals surface area contributed by atoms with Crippen LogP contribution in [0.4, 0.5) is 0 Å². The van der Waals surface area contributed by atoms with Crippen LogP contribution in [0.15, 0.2) is 33.9 Å². The average Bonchev–Trinajstić information content (AvgIpc) is 4.07. The standard InChI is InChI=1S/C16H9N8O.C14H18N4O4.4C2H6.V/c25-24-15-7-8-16(24)23-14-6-4-12(21-14)19-10-2-1-9(17-10)18-11-3-5-13(20-11)22-15;1-5-7(13(21)17(3)15-5)9-11(19)10(12(9)20)8-6(2)16-18(4)14(8)22;4*1-2;/h1-8,25H;9-12,15-16H,1-4H3;4*1-2H3;/q-1;-2;;;;;. The summed E-state index contributed by atoms with van der Waals surface area (Å²) in [6.07, 6.45) is 4.30. The first-order valence-electron chi connectivity index (χ1n) is 18.5. The first kappa shape index (κ1) is 46.8. The first-order valence-corrected chi connectivity index (χ1v) is 18.5. The number of aromatic nitrogens is 12. The van der Waals surface area contributed by atoms with E-state index in [1.165, 1.54) is 9.36 Å². The van der Waals surface area contributed by atoms with Crippen LogP contribution in [0.3, 0.4) is 0 Å². The summed E-state index contributed by atoms with van der Waals surface area (Å²) >= 11 is 0. The maximum atomic E-state index is 12.6. The molecule has 0 aromatic carbocycles. The van der Waals surface area contributed by atoms with Gasteiger partial charge in [0.05, 0.1) is 11.6 Å². The molecule has 1 fully saturated rings. The fourth-order valence-corrected chi connectivity index (χ4v) is 5.97. The molecule has 1 radical (unpaired) electrons. The van der Waals surface area contributed by atoms with E-state index in [1.807, 2.05) is 55.4 Å². The minimum absolute atomic E-state index is 0. The second kappa shape index (κ2) is 21.1. The summed E-state index contributed by atoms with van der Waals surface area (Å²) in [6, 6.07) is 6.78. The fourth-order valence-electron chi connectivity index (χ4n) is 5.97. The number of fused-ring (bicyclic) bond motifs is 8. The Balaban J connectivity index is 0.000000326. The third-order valence-corrected chi connectivity index (χ3v) is 8.19. The predicted octanol–water partition coefficient (Wildman–Crippen LogP) is 3.37. The van der Waals surface area contributed by atoms with E-state index in [0.717, 1.165) is 4.73 Å². The van der Waals surface area contributed by atoms with Crippen molar-refractivity contribution in [3.8, 4) is 0 Å². The van der Waals surface area contributed by atoms with Crippen LogP contribution in [-0.4, -0.2) is 71.6 Å². The number of nitrogens with one attached hydrogen (secondary N) is 2. The minimum atomic E-state index is -1.29.